The molecule has 4 rings (SSSR count). The van der Waals surface area contributed by atoms with Crippen molar-refractivity contribution in [3.05, 3.63) is 101 Å². The summed E-state index contributed by atoms with van der Waals surface area (Å²) in [5.41, 5.74) is 5.12. The van der Waals surface area contributed by atoms with Gasteiger partial charge in [0.1, 0.15) is 5.75 Å². The SMILES string of the molecule is CCCNC(=O)[C@H](C)Oc1ccc2c(c1)[C@H](c1cccc(C)c1)N(C(=O)c1ccccc1)CC2. The van der Waals surface area contributed by atoms with Crippen LogP contribution in [0.4, 0.5) is 0 Å². The summed E-state index contributed by atoms with van der Waals surface area (Å²) >= 11 is 0. The predicted octanol–water partition coefficient (Wildman–Crippen LogP) is 5.08. The number of carbonyl (C=O) groups excluding carboxylic acids is 2. The van der Waals surface area contributed by atoms with Gasteiger partial charge in [-0.15, -0.1) is 0 Å². The molecule has 1 heterocycles. The molecule has 0 saturated heterocycles. The summed E-state index contributed by atoms with van der Waals surface area (Å²) in [6, 6.07) is 23.5. The van der Waals surface area contributed by atoms with E-state index in [-0.39, 0.29) is 17.9 Å². The van der Waals surface area contributed by atoms with Crippen LogP contribution in [0.1, 0.15) is 58.9 Å². The molecule has 0 bridgehead atoms. The van der Waals surface area contributed by atoms with Crippen molar-refractivity contribution in [2.24, 2.45) is 0 Å². The summed E-state index contributed by atoms with van der Waals surface area (Å²) in [7, 11) is 0. The second-order valence-electron chi connectivity index (χ2n) is 8.84. The zero-order valence-electron chi connectivity index (χ0n) is 20.1. The summed E-state index contributed by atoms with van der Waals surface area (Å²) in [4.78, 5) is 27.9. The second-order valence-corrected chi connectivity index (χ2v) is 8.84. The van der Waals surface area contributed by atoms with Gasteiger partial charge < -0.3 is 15.0 Å². The molecule has 0 aromatic heterocycles. The number of ether oxygens (including phenoxy) is 1. The van der Waals surface area contributed by atoms with Crippen LogP contribution < -0.4 is 10.1 Å². The van der Waals surface area contributed by atoms with E-state index in [0.29, 0.717) is 24.4 Å². The second kappa shape index (κ2) is 10.6. The Bertz CT molecular complexity index is 1160. The number of aryl methyl sites for hydroxylation is 1. The topological polar surface area (TPSA) is 58.6 Å². The smallest absolute Gasteiger partial charge is 0.260 e. The van der Waals surface area contributed by atoms with Crippen LogP contribution in [0.25, 0.3) is 0 Å². The van der Waals surface area contributed by atoms with Crippen molar-refractivity contribution in [1.29, 1.82) is 0 Å². The van der Waals surface area contributed by atoms with Crippen molar-refractivity contribution in [2.75, 3.05) is 13.1 Å². The summed E-state index contributed by atoms with van der Waals surface area (Å²) in [6.07, 6.45) is 1.04. The van der Waals surface area contributed by atoms with Gasteiger partial charge in [0.05, 0.1) is 6.04 Å². The highest BCUT2D eigenvalue weighted by Crippen LogP contribution is 2.38. The largest absolute Gasteiger partial charge is 0.481 e. The molecule has 1 aliphatic rings. The third-order valence-electron chi connectivity index (χ3n) is 6.22. The van der Waals surface area contributed by atoms with E-state index >= 15 is 0 Å². The molecule has 2 amide bonds. The Morgan fingerprint density at radius 1 is 1.06 bits per heavy atom. The maximum atomic E-state index is 13.6. The molecule has 0 aliphatic carbocycles. The number of amides is 2. The summed E-state index contributed by atoms with van der Waals surface area (Å²) in [5.74, 6) is 0.511. The number of carbonyl (C=O) groups is 2. The van der Waals surface area contributed by atoms with Gasteiger partial charge in [-0.05, 0) is 67.6 Å². The molecule has 3 aromatic carbocycles. The fraction of sp³-hybridized carbons (Fsp3) is 0.310. The first-order chi connectivity index (χ1) is 16.5. The van der Waals surface area contributed by atoms with Crippen molar-refractivity contribution >= 4 is 11.8 Å². The van der Waals surface area contributed by atoms with Crippen LogP contribution in [0, 0.1) is 6.92 Å². The molecular weight excluding hydrogens is 424 g/mol. The number of nitrogens with zero attached hydrogens (tertiary/aromatic N) is 1. The molecule has 2 atom stereocenters. The van der Waals surface area contributed by atoms with Crippen molar-refractivity contribution in [2.45, 2.75) is 45.8 Å². The Kier molecular flexibility index (Phi) is 7.31. The molecule has 176 valence electrons. The van der Waals surface area contributed by atoms with E-state index < -0.39 is 6.10 Å². The Morgan fingerprint density at radius 2 is 1.85 bits per heavy atom. The molecule has 0 radical (unpaired) electrons. The van der Waals surface area contributed by atoms with Gasteiger partial charge in [-0.1, -0.05) is 61.0 Å². The molecule has 5 nitrogen and oxygen atoms in total. The first-order valence-corrected chi connectivity index (χ1v) is 12.0. The lowest BCUT2D eigenvalue weighted by molar-refractivity contribution is -0.127. The highest BCUT2D eigenvalue weighted by Gasteiger charge is 2.33. The van der Waals surface area contributed by atoms with Gasteiger partial charge in [0.25, 0.3) is 11.8 Å². The molecule has 1 N–H and O–H groups in total. The van der Waals surface area contributed by atoms with E-state index in [0.717, 1.165) is 29.5 Å². The van der Waals surface area contributed by atoms with Crippen molar-refractivity contribution < 1.29 is 14.3 Å². The maximum Gasteiger partial charge on any atom is 0.260 e. The van der Waals surface area contributed by atoms with Gasteiger partial charge in [-0.2, -0.15) is 0 Å². The lowest BCUT2D eigenvalue weighted by Crippen LogP contribution is -2.40. The maximum absolute atomic E-state index is 13.6. The third kappa shape index (κ3) is 5.14. The van der Waals surface area contributed by atoms with E-state index in [9.17, 15) is 9.59 Å². The molecular formula is C29H32N2O3. The number of hydrogen-bond acceptors (Lipinski definition) is 3. The average molecular weight is 457 g/mol. The Hall–Kier alpha value is -3.60. The summed E-state index contributed by atoms with van der Waals surface area (Å²) in [5, 5.41) is 2.88. The van der Waals surface area contributed by atoms with Gasteiger partial charge >= 0.3 is 0 Å². The van der Waals surface area contributed by atoms with Crippen LogP contribution in [0.5, 0.6) is 5.75 Å². The van der Waals surface area contributed by atoms with E-state index in [4.69, 9.17) is 4.74 Å². The van der Waals surface area contributed by atoms with E-state index in [1.165, 1.54) is 5.56 Å². The van der Waals surface area contributed by atoms with Crippen LogP contribution in [0.3, 0.4) is 0 Å². The average Bonchev–Trinajstić information content (AvgIpc) is 2.86. The van der Waals surface area contributed by atoms with Gasteiger partial charge in [-0.3, -0.25) is 9.59 Å². The normalized spacial score (nSPS) is 15.9. The Balaban J connectivity index is 1.70. The Labute approximate surface area is 201 Å². The fourth-order valence-electron chi connectivity index (χ4n) is 4.48. The summed E-state index contributed by atoms with van der Waals surface area (Å²) < 4.78 is 6.01. The van der Waals surface area contributed by atoms with Crippen LogP contribution >= 0.6 is 0 Å². The van der Waals surface area contributed by atoms with Crippen LogP contribution in [0.2, 0.25) is 0 Å². The lowest BCUT2D eigenvalue weighted by Gasteiger charge is -2.38. The minimum Gasteiger partial charge on any atom is -0.481 e. The van der Waals surface area contributed by atoms with E-state index in [1.54, 1.807) is 6.92 Å². The lowest BCUT2D eigenvalue weighted by atomic mass is 9.87. The number of benzene rings is 3. The molecule has 1 aliphatic heterocycles. The molecule has 0 fully saturated rings. The first kappa shape index (κ1) is 23.6. The zero-order chi connectivity index (χ0) is 24.1. The van der Waals surface area contributed by atoms with Gasteiger partial charge in [0.15, 0.2) is 6.10 Å². The molecule has 3 aromatic rings. The van der Waals surface area contributed by atoms with Crippen molar-refractivity contribution in [3.63, 3.8) is 0 Å². The van der Waals surface area contributed by atoms with E-state index in [2.05, 4.69) is 36.5 Å². The molecule has 0 unspecified atom stereocenters. The number of fused-ring (bicyclic) bond motifs is 1. The van der Waals surface area contributed by atoms with Gasteiger partial charge in [-0.25, -0.2) is 0 Å². The number of rotatable bonds is 7. The zero-order valence-corrected chi connectivity index (χ0v) is 20.1. The highest BCUT2D eigenvalue weighted by atomic mass is 16.5. The first-order valence-electron chi connectivity index (χ1n) is 12.0. The van der Waals surface area contributed by atoms with Crippen molar-refractivity contribution in [1.82, 2.24) is 10.2 Å². The number of hydrogen-bond donors (Lipinski definition) is 1. The van der Waals surface area contributed by atoms with Crippen LogP contribution in [0.15, 0.2) is 72.8 Å². The fourth-order valence-corrected chi connectivity index (χ4v) is 4.48. The number of nitrogens with one attached hydrogen (secondary N) is 1. The van der Waals surface area contributed by atoms with Crippen LogP contribution in [-0.2, 0) is 11.2 Å². The minimum atomic E-state index is -0.604. The molecule has 0 saturated carbocycles. The predicted molar refractivity (Wildman–Crippen MR) is 134 cm³/mol. The molecule has 0 spiro atoms. The minimum absolute atomic E-state index is 0.0105. The molecule has 34 heavy (non-hydrogen) atoms. The molecule has 5 heteroatoms. The van der Waals surface area contributed by atoms with E-state index in [1.807, 2.05) is 60.4 Å². The Morgan fingerprint density at radius 3 is 2.59 bits per heavy atom. The van der Waals surface area contributed by atoms with Gasteiger partial charge in [0.2, 0.25) is 0 Å². The quantitative estimate of drug-likeness (QED) is 0.540. The van der Waals surface area contributed by atoms with Crippen LogP contribution in [-0.4, -0.2) is 35.9 Å². The third-order valence-corrected chi connectivity index (χ3v) is 6.22. The van der Waals surface area contributed by atoms with Gasteiger partial charge in [0, 0.05) is 18.7 Å². The standard InChI is InChI=1S/C29H32N2O3/c1-4-16-30-28(32)21(3)34-25-14-13-22-15-17-31(29(33)23-10-6-5-7-11-23)27(26(22)19-25)24-12-8-9-20(2)18-24/h5-14,18-19,21,27H,4,15-17H2,1-3H3,(H,30,32)/t21-,27-/m0/s1. The monoisotopic (exact) mass is 456 g/mol. The highest BCUT2D eigenvalue weighted by molar-refractivity contribution is 5.95. The van der Waals surface area contributed by atoms with Crippen molar-refractivity contribution in [3.8, 4) is 5.75 Å². The summed E-state index contributed by atoms with van der Waals surface area (Å²) in [6.45, 7) is 7.10.